The minimum absolute atomic E-state index is 0.0279. The van der Waals surface area contributed by atoms with Crippen molar-refractivity contribution in [1.29, 1.82) is 0 Å². The predicted octanol–water partition coefficient (Wildman–Crippen LogP) is 1.96. The first-order valence-corrected chi connectivity index (χ1v) is 9.88. The molecule has 0 aromatic heterocycles. The largest absolute Gasteiger partial charge is 0.496 e. The Morgan fingerprint density at radius 2 is 1.90 bits per heavy atom. The molecule has 0 aliphatic carbocycles. The number of ether oxygens (including phenoxy) is 2. The van der Waals surface area contributed by atoms with E-state index >= 15 is 0 Å². The number of piperidine rings is 1. The van der Waals surface area contributed by atoms with Crippen molar-refractivity contribution >= 4 is 5.84 Å². The number of benzene rings is 2. The number of nitrogens with two attached hydrogens (primary N) is 2. The van der Waals surface area contributed by atoms with Gasteiger partial charge < -0.3 is 20.5 Å². The number of hydrogen-bond acceptors (Lipinski definition) is 6. The standard InChI is InChI=1S/C22H31N5O2/c1-27(24)26-21(23)17-8-9-20(28-2)18(14-17)15-29-16-22(10-12-25-13-11-22)19-6-4-3-5-7-19/h3-9,14,25H,10-13,15-16,24H2,1-2H3,(H2,23,26). The van der Waals surface area contributed by atoms with E-state index in [0.717, 1.165) is 42.8 Å². The number of rotatable bonds is 8. The van der Waals surface area contributed by atoms with E-state index in [1.54, 1.807) is 14.2 Å². The molecule has 0 amide bonds. The summed E-state index contributed by atoms with van der Waals surface area (Å²) in [6.45, 7) is 3.08. The lowest BCUT2D eigenvalue weighted by Crippen LogP contribution is -2.43. The molecule has 156 valence electrons. The van der Waals surface area contributed by atoms with Gasteiger partial charge in [-0.2, -0.15) is 0 Å². The van der Waals surface area contributed by atoms with E-state index < -0.39 is 0 Å². The molecule has 2 aromatic carbocycles. The molecule has 29 heavy (non-hydrogen) atoms. The summed E-state index contributed by atoms with van der Waals surface area (Å²) in [7, 11) is 3.28. The summed E-state index contributed by atoms with van der Waals surface area (Å²) in [6.07, 6.45) is 2.10. The molecule has 2 aromatic rings. The second kappa shape index (κ2) is 9.73. The predicted molar refractivity (Wildman–Crippen MR) is 116 cm³/mol. The Balaban J connectivity index is 1.76. The van der Waals surface area contributed by atoms with Gasteiger partial charge in [-0.1, -0.05) is 30.3 Å². The molecule has 1 saturated heterocycles. The Morgan fingerprint density at radius 3 is 2.55 bits per heavy atom. The molecule has 0 spiro atoms. The van der Waals surface area contributed by atoms with Crippen molar-refractivity contribution in [2.45, 2.75) is 24.9 Å². The number of nitrogens with one attached hydrogen (secondary N) is 1. The molecule has 0 bridgehead atoms. The van der Waals surface area contributed by atoms with Crippen molar-refractivity contribution in [3.05, 3.63) is 65.2 Å². The van der Waals surface area contributed by atoms with Crippen LogP contribution in [0.1, 0.15) is 29.5 Å². The maximum absolute atomic E-state index is 6.25. The molecule has 1 aliphatic heterocycles. The Bertz CT molecular complexity index is 817. The highest BCUT2D eigenvalue weighted by atomic mass is 16.5. The number of amidine groups is 1. The van der Waals surface area contributed by atoms with E-state index in [0.29, 0.717) is 19.0 Å². The minimum Gasteiger partial charge on any atom is -0.496 e. The fraction of sp³-hybridized carbons (Fsp3) is 0.409. The van der Waals surface area contributed by atoms with Gasteiger partial charge in [0, 0.05) is 23.6 Å². The van der Waals surface area contributed by atoms with E-state index in [2.05, 4.69) is 40.8 Å². The number of hydrazine groups is 1. The molecule has 0 atom stereocenters. The number of hydrogen-bond donors (Lipinski definition) is 3. The zero-order valence-corrected chi connectivity index (χ0v) is 17.2. The summed E-state index contributed by atoms with van der Waals surface area (Å²) in [5.41, 5.74) is 9.11. The number of hydrazone groups is 1. The molecule has 1 aliphatic rings. The lowest BCUT2D eigenvalue weighted by Gasteiger charge is -2.38. The Kier molecular flexibility index (Phi) is 7.09. The van der Waals surface area contributed by atoms with Crippen molar-refractivity contribution in [3.8, 4) is 5.75 Å². The molecule has 7 nitrogen and oxygen atoms in total. The Hall–Kier alpha value is -2.61. The van der Waals surface area contributed by atoms with Crippen molar-refractivity contribution in [2.24, 2.45) is 16.7 Å². The lowest BCUT2D eigenvalue weighted by atomic mass is 9.74. The second-order valence-corrected chi connectivity index (χ2v) is 7.47. The van der Waals surface area contributed by atoms with Gasteiger partial charge in [0.15, 0.2) is 5.84 Å². The highest BCUT2D eigenvalue weighted by Crippen LogP contribution is 2.34. The summed E-state index contributed by atoms with van der Waals surface area (Å²) in [6, 6.07) is 16.4. The number of nitrogens with zero attached hydrogens (tertiary/aromatic N) is 2. The zero-order valence-electron chi connectivity index (χ0n) is 17.2. The van der Waals surface area contributed by atoms with Gasteiger partial charge >= 0.3 is 0 Å². The highest BCUT2D eigenvalue weighted by molar-refractivity contribution is 5.97. The van der Waals surface area contributed by atoms with Gasteiger partial charge in [-0.3, -0.25) is 0 Å². The molecule has 1 heterocycles. The van der Waals surface area contributed by atoms with Gasteiger partial charge in [0.2, 0.25) is 0 Å². The molecule has 0 unspecified atom stereocenters. The molecule has 5 N–H and O–H groups in total. The summed E-state index contributed by atoms with van der Waals surface area (Å²) in [5.74, 6) is 6.68. The van der Waals surface area contributed by atoms with Crippen LogP contribution in [0.25, 0.3) is 0 Å². The van der Waals surface area contributed by atoms with Gasteiger partial charge in [-0.15, -0.1) is 5.10 Å². The van der Waals surface area contributed by atoms with Crippen LogP contribution in [0.15, 0.2) is 53.6 Å². The second-order valence-electron chi connectivity index (χ2n) is 7.47. The van der Waals surface area contributed by atoms with Gasteiger partial charge in [-0.05, 0) is 49.7 Å². The zero-order chi connectivity index (χ0) is 20.7. The SMILES string of the molecule is COc1ccc(/C(N)=N/N(C)N)cc1COCC1(c2ccccc2)CCNCC1. The summed E-state index contributed by atoms with van der Waals surface area (Å²) in [4.78, 5) is 0. The average molecular weight is 398 g/mol. The number of methoxy groups -OCH3 is 1. The van der Waals surface area contributed by atoms with E-state index in [-0.39, 0.29) is 5.41 Å². The molecule has 1 fully saturated rings. The van der Waals surface area contributed by atoms with E-state index in [1.807, 2.05) is 18.2 Å². The highest BCUT2D eigenvalue weighted by Gasteiger charge is 2.34. The third-order valence-electron chi connectivity index (χ3n) is 5.42. The van der Waals surface area contributed by atoms with Crippen molar-refractivity contribution in [1.82, 2.24) is 10.4 Å². The fourth-order valence-electron chi connectivity index (χ4n) is 3.85. The van der Waals surface area contributed by atoms with Crippen LogP contribution in [-0.2, 0) is 16.8 Å². The third kappa shape index (κ3) is 5.26. The van der Waals surface area contributed by atoms with E-state index in [1.165, 1.54) is 10.7 Å². The van der Waals surface area contributed by atoms with Crippen molar-refractivity contribution in [3.63, 3.8) is 0 Å². The van der Waals surface area contributed by atoms with E-state index in [9.17, 15) is 0 Å². The van der Waals surface area contributed by atoms with Gasteiger partial charge in [-0.25, -0.2) is 11.0 Å². The minimum atomic E-state index is 0.0279. The maximum atomic E-state index is 6.25. The molecule has 7 heteroatoms. The quantitative estimate of drug-likeness (QED) is 0.273. The van der Waals surface area contributed by atoms with E-state index in [4.69, 9.17) is 21.1 Å². The van der Waals surface area contributed by atoms with Crippen LogP contribution in [0.2, 0.25) is 0 Å². The summed E-state index contributed by atoms with van der Waals surface area (Å²) >= 11 is 0. The smallest absolute Gasteiger partial charge is 0.152 e. The first-order valence-electron chi connectivity index (χ1n) is 9.88. The lowest BCUT2D eigenvalue weighted by molar-refractivity contribution is 0.0555. The first-order chi connectivity index (χ1) is 14.0. The fourth-order valence-corrected chi connectivity index (χ4v) is 3.85. The van der Waals surface area contributed by atoms with Crippen LogP contribution in [0.3, 0.4) is 0 Å². The van der Waals surface area contributed by atoms with Crippen molar-refractivity contribution in [2.75, 3.05) is 33.9 Å². The van der Waals surface area contributed by atoms with Crippen LogP contribution in [0, 0.1) is 0 Å². The Morgan fingerprint density at radius 1 is 1.17 bits per heavy atom. The van der Waals surface area contributed by atoms with Crippen LogP contribution in [0.5, 0.6) is 5.75 Å². The topological polar surface area (TPSA) is 98.1 Å². The Labute approximate surface area is 172 Å². The molecule has 0 saturated carbocycles. The first kappa shape index (κ1) is 21.1. The van der Waals surface area contributed by atoms with Gasteiger partial charge in [0.25, 0.3) is 0 Å². The van der Waals surface area contributed by atoms with Crippen LogP contribution >= 0.6 is 0 Å². The monoisotopic (exact) mass is 397 g/mol. The summed E-state index contributed by atoms with van der Waals surface area (Å²) < 4.78 is 11.8. The van der Waals surface area contributed by atoms with Crippen LogP contribution in [-0.4, -0.2) is 44.8 Å². The third-order valence-corrected chi connectivity index (χ3v) is 5.42. The average Bonchev–Trinajstić information content (AvgIpc) is 2.74. The normalized spacial score (nSPS) is 16.4. The maximum Gasteiger partial charge on any atom is 0.152 e. The van der Waals surface area contributed by atoms with Crippen LogP contribution in [0.4, 0.5) is 0 Å². The van der Waals surface area contributed by atoms with Gasteiger partial charge in [0.05, 0.1) is 20.3 Å². The molecule has 3 rings (SSSR count). The van der Waals surface area contributed by atoms with Crippen LogP contribution < -0.4 is 21.6 Å². The molecule has 0 radical (unpaired) electrons. The van der Waals surface area contributed by atoms with Crippen molar-refractivity contribution < 1.29 is 9.47 Å². The van der Waals surface area contributed by atoms with Gasteiger partial charge in [0.1, 0.15) is 5.75 Å². The summed E-state index contributed by atoms with van der Waals surface area (Å²) in [5, 5.41) is 8.71. The molecular weight excluding hydrogens is 366 g/mol. The molecular formula is C22H31N5O2.